The molecule has 76 valence electrons. The zero-order valence-corrected chi connectivity index (χ0v) is 7.82. The Hall–Kier alpha value is -0.870. The van der Waals surface area contributed by atoms with Gasteiger partial charge in [-0.3, -0.25) is 0 Å². The van der Waals surface area contributed by atoms with Crippen LogP contribution in [0.25, 0.3) is 0 Å². The minimum absolute atomic E-state index is 0.0434. The molecule has 13 heavy (non-hydrogen) atoms. The van der Waals surface area contributed by atoms with Crippen molar-refractivity contribution in [2.75, 3.05) is 13.7 Å². The molecule has 0 aliphatic carbocycles. The summed E-state index contributed by atoms with van der Waals surface area (Å²) < 4.78 is 4.42. The number of hydrogen-bond acceptors (Lipinski definition) is 4. The highest BCUT2D eigenvalue weighted by atomic mass is 16.5. The van der Waals surface area contributed by atoms with Gasteiger partial charge in [-0.2, -0.15) is 0 Å². The third-order valence-corrected chi connectivity index (χ3v) is 1.65. The molecule has 4 nitrogen and oxygen atoms in total. The summed E-state index contributed by atoms with van der Waals surface area (Å²) >= 11 is 0. The van der Waals surface area contributed by atoms with Crippen LogP contribution in [0, 0.1) is 0 Å². The molecule has 0 spiro atoms. The fraction of sp³-hybridized carbons (Fsp3) is 0.667. The highest BCUT2D eigenvalue weighted by Gasteiger charge is 2.12. The number of carbonyl (C=O) groups is 1. The molecule has 0 bridgehead atoms. The van der Waals surface area contributed by atoms with E-state index in [9.17, 15) is 9.90 Å². The quantitative estimate of drug-likeness (QED) is 0.463. The van der Waals surface area contributed by atoms with Gasteiger partial charge >= 0.3 is 5.97 Å². The molecule has 0 saturated heterocycles. The Morgan fingerprint density at radius 1 is 1.62 bits per heavy atom. The van der Waals surface area contributed by atoms with E-state index in [4.69, 9.17) is 5.11 Å². The van der Waals surface area contributed by atoms with Crippen molar-refractivity contribution in [1.29, 1.82) is 0 Å². The molecule has 4 heteroatoms. The number of esters is 1. The molecule has 0 fully saturated rings. The van der Waals surface area contributed by atoms with Gasteiger partial charge in [0, 0.05) is 18.6 Å². The molecule has 0 aliphatic heterocycles. The van der Waals surface area contributed by atoms with Crippen molar-refractivity contribution >= 4 is 5.97 Å². The van der Waals surface area contributed by atoms with Crippen LogP contribution in [0.5, 0.6) is 0 Å². The molecule has 0 aliphatic rings. The molecule has 2 N–H and O–H groups in total. The van der Waals surface area contributed by atoms with Gasteiger partial charge in [0.15, 0.2) is 0 Å². The van der Waals surface area contributed by atoms with Gasteiger partial charge in [0.2, 0.25) is 0 Å². The molecule has 0 amide bonds. The Morgan fingerprint density at radius 2 is 2.23 bits per heavy atom. The number of aliphatic hydroxyl groups is 2. The molecule has 0 aromatic heterocycles. The summed E-state index contributed by atoms with van der Waals surface area (Å²) in [7, 11) is 1.27. The molecule has 0 heterocycles. The van der Waals surface area contributed by atoms with Crippen LogP contribution in [0.15, 0.2) is 12.2 Å². The highest BCUT2D eigenvalue weighted by molar-refractivity contribution is 5.87. The second-order valence-corrected chi connectivity index (χ2v) is 2.82. The molecule has 1 atom stereocenters. The van der Waals surface area contributed by atoms with Crippen LogP contribution in [0.3, 0.4) is 0 Å². The molecule has 0 aromatic carbocycles. The van der Waals surface area contributed by atoms with Crippen molar-refractivity contribution in [3.63, 3.8) is 0 Å². The number of hydrogen-bond donors (Lipinski definition) is 2. The summed E-state index contributed by atoms with van der Waals surface area (Å²) in [5.41, 5.74) is 0.257. The number of aliphatic hydroxyl groups excluding tert-OH is 2. The van der Waals surface area contributed by atoms with Crippen molar-refractivity contribution in [2.24, 2.45) is 0 Å². The second-order valence-electron chi connectivity index (χ2n) is 2.82. The molecule has 0 saturated carbocycles. The first-order chi connectivity index (χ1) is 6.11. The van der Waals surface area contributed by atoms with Crippen LogP contribution in [0.2, 0.25) is 0 Å². The largest absolute Gasteiger partial charge is 0.466 e. The fourth-order valence-corrected chi connectivity index (χ4v) is 0.941. The van der Waals surface area contributed by atoms with Crippen LogP contribution in [-0.4, -0.2) is 36.0 Å². The van der Waals surface area contributed by atoms with Gasteiger partial charge in [-0.05, 0) is 12.8 Å². The number of methoxy groups -OCH3 is 1. The van der Waals surface area contributed by atoms with Crippen LogP contribution in [0.1, 0.15) is 19.3 Å². The lowest BCUT2D eigenvalue weighted by Crippen LogP contribution is -2.13. The molecule has 1 unspecified atom stereocenters. The van der Waals surface area contributed by atoms with Crippen molar-refractivity contribution in [3.8, 4) is 0 Å². The Morgan fingerprint density at radius 3 is 2.69 bits per heavy atom. The average Bonchev–Trinajstić information content (AvgIpc) is 2.13. The average molecular weight is 188 g/mol. The molecule has 0 aromatic rings. The Kier molecular flexibility index (Phi) is 6.18. The Labute approximate surface area is 77.8 Å². The minimum atomic E-state index is -0.626. The standard InChI is InChI=1S/C9H16O4/c1-7(9(12)13-2)6-8(11)4-3-5-10/h8,10-11H,1,3-6H2,2H3. The van der Waals surface area contributed by atoms with E-state index in [1.54, 1.807) is 0 Å². The van der Waals surface area contributed by atoms with Gasteiger partial charge in [-0.15, -0.1) is 0 Å². The Balaban J connectivity index is 3.71. The summed E-state index contributed by atoms with van der Waals surface area (Å²) in [6, 6.07) is 0. The van der Waals surface area contributed by atoms with E-state index in [0.29, 0.717) is 12.8 Å². The summed E-state index contributed by atoms with van der Waals surface area (Å²) in [5.74, 6) is -0.497. The van der Waals surface area contributed by atoms with E-state index in [-0.39, 0.29) is 18.6 Å². The van der Waals surface area contributed by atoms with Crippen molar-refractivity contribution < 1.29 is 19.7 Å². The van der Waals surface area contributed by atoms with Crippen LogP contribution in [0.4, 0.5) is 0 Å². The molecular formula is C9H16O4. The first-order valence-electron chi connectivity index (χ1n) is 4.16. The number of ether oxygens (including phenoxy) is 1. The summed E-state index contributed by atoms with van der Waals surface area (Å²) in [5, 5.41) is 17.8. The number of rotatable bonds is 6. The lowest BCUT2D eigenvalue weighted by molar-refractivity contribution is -0.136. The first kappa shape index (κ1) is 12.1. The molecule has 0 rings (SSSR count). The summed E-state index contributed by atoms with van der Waals surface area (Å²) in [4.78, 5) is 10.8. The SMILES string of the molecule is C=C(CC(O)CCCO)C(=O)OC. The Bertz CT molecular complexity index is 176. The van der Waals surface area contributed by atoms with E-state index >= 15 is 0 Å². The molecular weight excluding hydrogens is 172 g/mol. The van der Waals surface area contributed by atoms with Crippen LogP contribution < -0.4 is 0 Å². The first-order valence-corrected chi connectivity index (χ1v) is 4.16. The normalized spacial score (nSPS) is 12.2. The topological polar surface area (TPSA) is 66.8 Å². The van der Waals surface area contributed by atoms with Crippen LogP contribution in [-0.2, 0) is 9.53 Å². The maximum absolute atomic E-state index is 10.8. The van der Waals surface area contributed by atoms with E-state index in [2.05, 4.69) is 11.3 Å². The van der Waals surface area contributed by atoms with E-state index in [0.717, 1.165) is 0 Å². The number of carbonyl (C=O) groups excluding carboxylic acids is 1. The maximum atomic E-state index is 10.8. The summed E-state index contributed by atoms with van der Waals surface area (Å²) in [6.07, 6.45) is 0.563. The lowest BCUT2D eigenvalue weighted by Gasteiger charge is -2.09. The zero-order valence-electron chi connectivity index (χ0n) is 7.82. The van der Waals surface area contributed by atoms with Gasteiger partial charge in [-0.1, -0.05) is 6.58 Å². The second kappa shape index (κ2) is 6.62. The van der Waals surface area contributed by atoms with Crippen molar-refractivity contribution in [1.82, 2.24) is 0 Å². The lowest BCUT2D eigenvalue weighted by atomic mass is 10.1. The zero-order chi connectivity index (χ0) is 10.3. The predicted molar refractivity (Wildman–Crippen MR) is 48.1 cm³/mol. The summed E-state index contributed by atoms with van der Waals surface area (Å²) in [6.45, 7) is 3.52. The molecule has 0 radical (unpaired) electrons. The fourth-order valence-electron chi connectivity index (χ4n) is 0.941. The van der Waals surface area contributed by atoms with Gasteiger partial charge < -0.3 is 14.9 Å². The van der Waals surface area contributed by atoms with Crippen LogP contribution >= 0.6 is 0 Å². The van der Waals surface area contributed by atoms with Gasteiger partial charge in [0.1, 0.15) is 0 Å². The monoisotopic (exact) mass is 188 g/mol. The highest BCUT2D eigenvalue weighted by Crippen LogP contribution is 2.09. The van der Waals surface area contributed by atoms with Gasteiger partial charge in [0.05, 0.1) is 13.2 Å². The van der Waals surface area contributed by atoms with Gasteiger partial charge in [-0.25, -0.2) is 4.79 Å². The smallest absolute Gasteiger partial charge is 0.333 e. The van der Waals surface area contributed by atoms with Crippen molar-refractivity contribution in [3.05, 3.63) is 12.2 Å². The van der Waals surface area contributed by atoms with Crippen molar-refractivity contribution in [2.45, 2.75) is 25.4 Å². The van der Waals surface area contributed by atoms with E-state index in [1.165, 1.54) is 7.11 Å². The van der Waals surface area contributed by atoms with E-state index < -0.39 is 12.1 Å². The van der Waals surface area contributed by atoms with Gasteiger partial charge in [0.25, 0.3) is 0 Å². The third-order valence-electron chi connectivity index (χ3n) is 1.65. The van der Waals surface area contributed by atoms with E-state index in [1.807, 2.05) is 0 Å². The maximum Gasteiger partial charge on any atom is 0.333 e. The minimum Gasteiger partial charge on any atom is -0.466 e. The third kappa shape index (κ3) is 5.38. The predicted octanol–water partition coefficient (Wildman–Crippen LogP) is 0.239.